The lowest BCUT2D eigenvalue weighted by molar-refractivity contribution is 0.177. The summed E-state index contributed by atoms with van der Waals surface area (Å²) >= 11 is 9.07. The first-order valence-electron chi connectivity index (χ1n) is 5.28. The molecule has 0 bridgehead atoms. The molecule has 1 unspecified atom stereocenters. The summed E-state index contributed by atoms with van der Waals surface area (Å²) in [5, 5.41) is 14.7. The van der Waals surface area contributed by atoms with Crippen molar-refractivity contribution in [3.63, 3.8) is 0 Å². The second-order valence-electron chi connectivity index (χ2n) is 3.65. The predicted octanol–water partition coefficient (Wildman–Crippen LogP) is 3.38. The molecule has 0 aliphatic rings. The average molecular weight is 320 g/mol. The molecule has 0 aliphatic carbocycles. The summed E-state index contributed by atoms with van der Waals surface area (Å²) < 4.78 is 7.72. The molecule has 92 valence electrons. The van der Waals surface area contributed by atoms with Crippen LogP contribution in [0.15, 0.2) is 27.2 Å². The molecule has 4 nitrogen and oxygen atoms in total. The fourth-order valence-corrected chi connectivity index (χ4v) is 2.31. The first kappa shape index (κ1) is 12.7. The van der Waals surface area contributed by atoms with Gasteiger partial charge in [0, 0.05) is 6.54 Å². The van der Waals surface area contributed by atoms with Crippen LogP contribution in [0, 0.1) is 0 Å². The molecule has 2 rings (SSSR count). The van der Waals surface area contributed by atoms with Gasteiger partial charge in [-0.3, -0.25) is 4.68 Å². The van der Waals surface area contributed by atoms with E-state index < -0.39 is 6.10 Å². The van der Waals surface area contributed by atoms with Gasteiger partial charge in [0.05, 0.1) is 16.4 Å². The van der Waals surface area contributed by atoms with E-state index in [0.717, 1.165) is 17.4 Å². The normalized spacial score (nSPS) is 12.9. The minimum atomic E-state index is -0.870. The zero-order valence-electron chi connectivity index (χ0n) is 9.23. The summed E-state index contributed by atoms with van der Waals surface area (Å²) in [5.41, 5.74) is 0.679. The Morgan fingerprint density at radius 3 is 2.94 bits per heavy atom. The van der Waals surface area contributed by atoms with E-state index in [-0.39, 0.29) is 5.22 Å². The number of aryl methyl sites for hydroxylation is 1. The van der Waals surface area contributed by atoms with Gasteiger partial charge in [0.15, 0.2) is 11.3 Å². The minimum Gasteiger partial charge on any atom is -0.447 e. The Labute approximate surface area is 112 Å². The third kappa shape index (κ3) is 2.56. The van der Waals surface area contributed by atoms with Gasteiger partial charge in [-0.15, -0.1) is 0 Å². The van der Waals surface area contributed by atoms with Crippen LogP contribution in [0.3, 0.4) is 0 Å². The minimum absolute atomic E-state index is 0.261. The number of rotatable bonds is 4. The van der Waals surface area contributed by atoms with E-state index in [1.807, 2.05) is 0 Å². The number of aliphatic hydroxyl groups excluding tert-OH is 1. The Bertz CT molecular complexity index is 509. The summed E-state index contributed by atoms with van der Waals surface area (Å²) in [6, 6.07) is 3.26. The second-order valence-corrected chi connectivity index (χ2v) is 4.87. The van der Waals surface area contributed by atoms with E-state index in [2.05, 4.69) is 28.0 Å². The largest absolute Gasteiger partial charge is 0.447 e. The first-order valence-corrected chi connectivity index (χ1v) is 6.45. The number of aromatic nitrogens is 2. The van der Waals surface area contributed by atoms with Crippen LogP contribution in [0.2, 0.25) is 5.22 Å². The van der Waals surface area contributed by atoms with Crippen LogP contribution in [0.5, 0.6) is 0 Å². The molecule has 0 spiro atoms. The van der Waals surface area contributed by atoms with Crippen LogP contribution in [0.4, 0.5) is 0 Å². The molecule has 2 aromatic heterocycles. The number of halogens is 2. The first-order chi connectivity index (χ1) is 8.13. The van der Waals surface area contributed by atoms with E-state index in [1.165, 1.54) is 0 Å². The van der Waals surface area contributed by atoms with E-state index in [9.17, 15) is 5.11 Å². The van der Waals surface area contributed by atoms with Gasteiger partial charge in [-0.1, -0.05) is 6.92 Å². The van der Waals surface area contributed by atoms with Crippen molar-refractivity contribution in [2.24, 2.45) is 0 Å². The van der Waals surface area contributed by atoms with Gasteiger partial charge in [-0.25, -0.2) is 0 Å². The highest BCUT2D eigenvalue weighted by atomic mass is 79.9. The number of hydrogen-bond acceptors (Lipinski definition) is 3. The van der Waals surface area contributed by atoms with Crippen LogP contribution in [0.1, 0.15) is 30.9 Å². The zero-order valence-corrected chi connectivity index (χ0v) is 11.6. The smallest absolute Gasteiger partial charge is 0.193 e. The van der Waals surface area contributed by atoms with Gasteiger partial charge < -0.3 is 9.52 Å². The molecule has 0 fully saturated rings. The maximum atomic E-state index is 10.2. The van der Waals surface area contributed by atoms with Crippen LogP contribution < -0.4 is 0 Å². The molecule has 0 aromatic carbocycles. The van der Waals surface area contributed by atoms with Crippen molar-refractivity contribution < 1.29 is 9.52 Å². The van der Waals surface area contributed by atoms with Crippen LogP contribution in [-0.4, -0.2) is 14.9 Å². The number of nitrogens with zero attached hydrogens (tertiary/aromatic N) is 2. The van der Waals surface area contributed by atoms with Gasteiger partial charge >= 0.3 is 0 Å². The zero-order chi connectivity index (χ0) is 12.4. The van der Waals surface area contributed by atoms with Crippen LogP contribution in [-0.2, 0) is 6.54 Å². The van der Waals surface area contributed by atoms with E-state index in [4.69, 9.17) is 16.0 Å². The summed E-state index contributed by atoms with van der Waals surface area (Å²) in [6.07, 6.45) is 1.73. The fraction of sp³-hybridized carbons (Fsp3) is 0.364. The lowest BCUT2D eigenvalue weighted by Crippen LogP contribution is -2.10. The Morgan fingerprint density at radius 2 is 2.35 bits per heavy atom. The number of furan rings is 1. The molecule has 1 N–H and O–H groups in total. The molecule has 0 saturated carbocycles. The molecule has 17 heavy (non-hydrogen) atoms. The molecule has 0 radical (unpaired) electrons. The summed E-state index contributed by atoms with van der Waals surface area (Å²) in [7, 11) is 0. The Kier molecular flexibility index (Phi) is 3.91. The monoisotopic (exact) mass is 318 g/mol. The third-order valence-electron chi connectivity index (χ3n) is 2.39. The SMILES string of the molecule is CCCn1ncc(Br)c1C(O)c1ccc(Cl)o1. The lowest BCUT2D eigenvalue weighted by atomic mass is 10.2. The molecule has 2 heterocycles. The highest BCUT2D eigenvalue weighted by Crippen LogP contribution is 2.30. The Hall–Kier alpha value is -0.780. The van der Waals surface area contributed by atoms with Crippen molar-refractivity contribution in [3.8, 4) is 0 Å². The van der Waals surface area contributed by atoms with Crippen molar-refractivity contribution >= 4 is 27.5 Å². The van der Waals surface area contributed by atoms with Gasteiger partial charge in [0.1, 0.15) is 5.76 Å². The molecule has 6 heteroatoms. The lowest BCUT2D eigenvalue weighted by Gasteiger charge is -2.11. The van der Waals surface area contributed by atoms with Gasteiger partial charge in [0.25, 0.3) is 0 Å². The highest BCUT2D eigenvalue weighted by Gasteiger charge is 2.22. The van der Waals surface area contributed by atoms with Crippen LogP contribution in [0.25, 0.3) is 0 Å². The highest BCUT2D eigenvalue weighted by molar-refractivity contribution is 9.10. The third-order valence-corrected chi connectivity index (χ3v) is 3.21. The molecule has 2 aromatic rings. The standard InChI is InChI=1S/C11H12BrClN2O2/c1-2-5-15-10(7(12)6-14-15)11(16)8-3-4-9(13)17-8/h3-4,6,11,16H,2,5H2,1H3. The summed E-state index contributed by atoms with van der Waals surface area (Å²) in [4.78, 5) is 0. The predicted molar refractivity (Wildman–Crippen MR) is 68.0 cm³/mol. The van der Waals surface area contributed by atoms with Crippen molar-refractivity contribution in [1.29, 1.82) is 0 Å². The van der Waals surface area contributed by atoms with E-state index in [0.29, 0.717) is 11.5 Å². The van der Waals surface area contributed by atoms with Crippen molar-refractivity contribution in [2.45, 2.75) is 26.0 Å². The molecular weight excluding hydrogens is 307 g/mol. The molecular formula is C11H12BrClN2O2. The van der Waals surface area contributed by atoms with E-state index in [1.54, 1.807) is 23.0 Å². The molecule has 0 saturated heterocycles. The van der Waals surface area contributed by atoms with Gasteiger partial charge in [-0.2, -0.15) is 5.10 Å². The maximum absolute atomic E-state index is 10.2. The molecule has 1 atom stereocenters. The van der Waals surface area contributed by atoms with E-state index >= 15 is 0 Å². The Balaban J connectivity index is 2.35. The van der Waals surface area contributed by atoms with Crippen molar-refractivity contribution in [2.75, 3.05) is 0 Å². The van der Waals surface area contributed by atoms with Crippen molar-refractivity contribution in [1.82, 2.24) is 9.78 Å². The van der Waals surface area contributed by atoms with Gasteiger partial charge in [0.2, 0.25) is 0 Å². The topological polar surface area (TPSA) is 51.2 Å². The Morgan fingerprint density at radius 1 is 1.59 bits per heavy atom. The summed E-state index contributed by atoms with van der Waals surface area (Å²) in [5.74, 6) is 0.411. The second kappa shape index (κ2) is 5.25. The summed E-state index contributed by atoms with van der Waals surface area (Å²) in [6.45, 7) is 2.79. The molecule has 0 aliphatic heterocycles. The molecule has 0 amide bonds. The van der Waals surface area contributed by atoms with Gasteiger partial charge in [-0.05, 0) is 46.1 Å². The van der Waals surface area contributed by atoms with Crippen LogP contribution >= 0.6 is 27.5 Å². The quantitative estimate of drug-likeness (QED) is 0.940. The number of hydrogen-bond donors (Lipinski definition) is 1. The number of aliphatic hydroxyl groups is 1. The maximum Gasteiger partial charge on any atom is 0.193 e. The van der Waals surface area contributed by atoms with Crippen molar-refractivity contribution in [3.05, 3.63) is 39.5 Å². The fourth-order valence-electron chi connectivity index (χ4n) is 1.64. The average Bonchev–Trinajstić information content (AvgIpc) is 2.86.